The number of imidazole rings is 1. The van der Waals surface area contributed by atoms with Crippen molar-refractivity contribution in [3.05, 3.63) is 42.1 Å². The molecule has 2 bridgehead atoms. The van der Waals surface area contributed by atoms with Gasteiger partial charge < -0.3 is 29.4 Å². The van der Waals surface area contributed by atoms with Crippen LogP contribution in [0.15, 0.2) is 36.5 Å². The van der Waals surface area contributed by atoms with E-state index in [0.29, 0.717) is 41.5 Å². The number of piperidine rings is 1. The molecule has 0 radical (unpaired) electrons. The highest BCUT2D eigenvalue weighted by Crippen LogP contribution is 2.41. The fraction of sp³-hybridized carbons (Fsp3) is 0.568. The normalized spacial score (nSPS) is 24.9. The fourth-order valence-corrected chi connectivity index (χ4v) is 9.08. The lowest BCUT2D eigenvalue weighted by atomic mass is 9.86. The van der Waals surface area contributed by atoms with Crippen LogP contribution in [0.3, 0.4) is 0 Å². The van der Waals surface area contributed by atoms with E-state index in [1.807, 2.05) is 29.3 Å². The van der Waals surface area contributed by atoms with Gasteiger partial charge in [0.05, 0.1) is 18.3 Å². The van der Waals surface area contributed by atoms with E-state index in [0.717, 1.165) is 98.3 Å². The third-order valence-electron chi connectivity index (χ3n) is 11.9. The third kappa shape index (κ3) is 4.93. The molecule has 3 atom stereocenters. The van der Waals surface area contributed by atoms with Crippen LogP contribution in [-0.2, 0) is 17.9 Å². The molecule has 2 amide bonds. The molecule has 246 valence electrons. The Morgan fingerprint density at radius 3 is 2.47 bits per heavy atom. The number of ether oxygens (including phenoxy) is 1. The van der Waals surface area contributed by atoms with Crippen LogP contribution in [0, 0.1) is 23.7 Å². The first kappa shape index (κ1) is 29.2. The number of fused-ring (bicyclic) bond motifs is 4. The highest BCUT2D eigenvalue weighted by atomic mass is 16.5. The van der Waals surface area contributed by atoms with Crippen molar-refractivity contribution in [2.75, 3.05) is 26.7 Å². The van der Waals surface area contributed by atoms with Gasteiger partial charge in [-0.3, -0.25) is 9.59 Å². The first-order valence-electron chi connectivity index (χ1n) is 17.8. The predicted molar refractivity (Wildman–Crippen MR) is 180 cm³/mol. The van der Waals surface area contributed by atoms with Crippen LogP contribution in [0.4, 0.5) is 0 Å². The average molecular weight is 636 g/mol. The summed E-state index contributed by atoms with van der Waals surface area (Å²) in [5.74, 6) is 3.39. The summed E-state index contributed by atoms with van der Waals surface area (Å²) in [6, 6.07) is 10.3. The van der Waals surface area contributed by atoms with Gasteiger partial charge in [0.15, 0.2) is 5.82 Å². The number of nitrogens with two attached hydrogens (primary N) is 1. The van der Waals surface area contributed by atoms with E-state index < -0.39 is 0 Å². The van der Waals surface area contributed by atoms with Crippen LogP contribution < -0.4 is 10.5 Å². The summed E-state index contributed by atoms with van der Waals surface area (Å²) in [7, 11) is 1.68. The minimum absolute atomic E-state index is 0.00635. The number of nitrogens with zero attached hydrogens (tertiary/aromatic N) is 6. The Morgan fingerprint density at radius 1 is 0.936 bits per heavy atom. The fourth-order valence-electron chi connectivity index (χ4n) is 9.08. The Kier molecular flexibility index (Phi) is 7.06. The predicted octanol–water partition coefficient (Wildman–Crippen LogP) is 5.07. The molecule has 5 heterocycles. The summed E-state index contributed by atoms with van der Waals surface area (Å²) >= 11 is 0. The molecule has 5 fully saturated rings. The maximum absolute atomic E-state index is 13.9. The number of pyridine rings is 1. The molecule has 10 heteroatoms. The van der Waals surface area contributed by atoms with Gasteiger partial charge in [0.25, 0.3) is 5.91 Å². The van der Waals surface area contributed by atoms with Crippen molar-refractivity contribution in [1.82, 2.24) is 28.9 Å². The van der Waals surface area contributed by atoms with Gasteiger partial charge in [0.1, 0.15) is 16.9 Å². The summed E-state index contributed by atoms with van der Waals surface area (Å²) in [6.45, 7) is 3.87. The van der Waals surface area contributed by atoms with E-state index in [1.54, 1.807) is 7.11 Å². The molecule has 3 saturated carbocycles. The largest absolute Gasteiger partial charge is 0.494 e. The summed E-state index contributed by atoms with van der Waals surface area (Å²) in [5.41, 5.74) is 10.7. The molecule has 4 aromatic rings. The number of carbonyl (C=O) groups is 2. The molecule has 2 aliphatic heterocycles. The van der Waals surface area contributed by atoms with Crippen molar-refractivity contribution in [3.63, 3.8) is 0 Å². The second kappa shape index (κ2) is 11.4. The van der Waals surface area contributed by atoms with Crippen LogP contribution >= 0.6 is 0 Å². The summed E-state index contributed by atoms with van der Waals surface area (Å²) in [5, 5.41) is 1.10. The minimum Gasteiger partial charge on any atom is -0.494 e. The molecule has 47 heavy (non-hydrogen) atoms. The minimum atomic E-state index is 0.00635. The first-order valence-corrected chi connectivity index (χ1v) is 17.8. The van der Waals surface area contributed by atoms with Gasteiger partial charge in [-0.2, -0.15) is 0 Å². The Bertz CT molecular complexity index is 1860. The zero-order chi connectivity index (χ0) is 31.8. The molecule has 2 saturated heterocycles. The Labute approximate surface area is 275 Å². The number of methoxy groups -OCH3 is 1. The zero-order valence-electron chi connectivity index (χ0n) is 27.3. The standard InChI is InChI=1S/C37H45N7O3/c1-47-31-16-27(37(46)43-21-26-11-12-29(43)32(26)38)14-28-33(31)44(20-23-17-41(18-23)36(45)24-6-3-2-4-7-24)35(40-28)30-15-25-8-5-13-39-34(25)42(30)19-22-9-10-22/h5,8,13-16,22-24,26,29,32H,2-4,6-7,9-12,17-21,38H2,1H3/t26?,29?,32-/m1/s1. The Morgan fingerprint density at radius 2 is 1.74 bits per heavy atom. The molecule has 2 N–H and O–H groups in total. The number of carbonyl (C=O) groups excluding carboxylic acids is 2. The highest BCUT2D eigenvalue weighted by Gasteiger charge is 2.47. The van der Waals surface area contributed by atoms with Crippen molar-refractivity contribution in [3.8, 4) is 17.3 Å². The molecule has 10 nitrogen and oxygen atoms in total. The number of rotatable bonds is 8. The van der Waals surface area contributed by atoms with Crippen LogP contribution in [0.1, 0.15) is 68.1 Å². The van der Waals surface area contributed by atoms with Crippen molar-refractivity contribution in [2.24, 2.45) is 29.4 Å². The highest BCUT2D eigenvalue weighted by molar-refractivity contribution is 6.00. The second-order valence-electron chi connectivity index (χ2n) is 15.0. The molecule has 0 spiro atoms. The summed E-state index contributed by atoms with van der Waals surface area (Å²) in [6.07, 6.45) is 12.0. The van der Waals surface area contributed by atoms with Crippen molar-refractivity contribution in [1.29, 1.82) is 0 Å². The number of hydrogen-bond donors (Lipinski definition) is 1. The SMILES string of the molecule is COc1cc(C(=O)N2CC3CCC2[C@@H]3N)cc2nc(-c3cc4cccnc4n3CC3CC3)n(CC3CN(C(=O)C4CCCCC4)C3)c12. The lowest BCUT2D eigenvalue weighted by molar-refractivity contribution is -0.143. The van der Waals surface area contributed by atoms with Crippen LogP contribution in [0.5, 0.6) is 5.75 Å². The zero-order valence-corrected chi connectivity index (χ0v) is 27.3. The maximum atomic E-state index is 13.9. The van der Waals surface area contributed by atoms with E-state index in [1.165, 1.54) is 19.3 Å². The number of likely N-dealkylation sites (tertiary alicyclic amines) is 2. The number of aromatic nitrogens is 4. The number of amides is 2. The average Bonchev–Trinajstić information content (AvgIpc) is 3.44. The number of hydrogen-bond acceptors (Lipinski definition) is 6. The Balaban J connectivity index is 1.11. The van der Waals surface area contributed by atoms with Crippen LogP contribution in [0.2, 0.25) is 0 Å². The van der Waals surface area contributed by atoms with Crippen molar-refractivity contribution < 1.29 is 14.3 Å². The van der Waals surface area contributed by atoms with Gasteiger partial charge in [-0.15, -0.1) is 0 Å². The molecule has 3 aromatic heterocycles. The van der Waals surface area contributed by atoms with Gasteiger partial charge in [-0.1, -0.05) is 19.3 Å². The molecular formula is C37H45N7O3. The lowest BCUT2D eigenvalue weighted by Gasteiger charge is -2.42. The lowest BCUT2D eigenvalue weighted by Crippen LogP contribution is -2.53. The topological polar surface area (TPSA) is 112 Å². The van der Waals surface area contributed by atoms with Crippen molar-refractivity contribution >= 4 is 33.9 Å². The van der Waals surface area contributed by atoms with Gasteiger partial charge in [-0.05, 0) is 80.7 Å². The quantitative estimate of drug-likeness (QED) is 0.289. The third-order valence-corrected chi connectivity index (χ3v) is 11.9. The molecule has 3 aliphatic carbocycles. The molecule has 9 rings (SSSR count). The van der Waals surface area contributed by atoms with E-state index in [4.69, 9.17) is 20.4 Å². The second-order valence-corrected chi connectivity index (χ2v) is 15.0. The van der Waals surface area contributed by atoms with Gasteiger partial charge in [-0.25, -0.2) is 9.97 Å². The van der Waals surface area contributed by atoms with Gasteiger partial charge in [0, 0.05) is 73.8 Å². The first-order chi connectivity index (χ1) is 23.0. The van der Waals surface area contributed by atoms with Crippen molar-refractivity contribution in [2.45, 2.75) is 83.0 Å². The molecular weight excluding hydrogens is 590 g/mol. The van der Waals surface area contributed by atoms with Crippen LogP contribution in [-0.4, -0.2) is 79.5 Å². The summed E-state index contributed by atoms with van der Waals surface area (Å²) in [4.78, 5) is 41.4. The van der Waals surface area contributed by atoms with Gasteiger partial charge in [0.2, 0.25) is 5.91 Å². The van der Waals surface area contributed by atoms with Gasteiger partial charge >= 0.3 is 0 Å². The van der Waals surface area contributed by atoms with E-state index in [-0.39, 0.29) is 23.9 Å². The molecule has 2 unspecified atom stereocenters. The monoisotopic (exact) mass is 635 g/mol. The molecule has 1 aromatic carbocycles. The Hall–Kier alpha value is -3.92. The van der Waals surface area contributed by atoms with E-state index in [9.17, 15) is 9.59 Å². The smallest absolute Gasteiger partial charge is 0.254 e. The number of benzene rings is 1. The van der Waals surface area contributed by atoms with Crippen LogP contribution in [0.25, 0.3) is 33.6 Å². The van der Waals surface area contributed by atoms with E-state index in [2.05, 4.69) is 26.2 Å². The van der Waals surface area contributed by atoms with E-state index >= 15 is 0 Å². The molecule has 5 aliphatic rings. The summed E-state index contributed by atoms with van der Waals surface area (Å²) < 4.78 is 10.7. The maximum Gasteiger partial charge on any atom is 0.254 e.